The average molecular weight is 168 g/mol. The van der Waals surface area contributed by atoms with Gasteiger partial charge in [0.1, 0.15) is 4.83 Å². The van der Waals surface area contributed by atoms with Gasteiger partial charge in [-0.1, -0.05) is 15.9 Å². The van der Waals surface area contributed by atoms with Crippen LogP contribution in [0.3, 0.4) is 0 Å². The van der Waals surface area contributed by atoms with Crippen molar-refractivity contribution in [3.63, 3.8) is 0 Å². The first-order valence-corrected chi connectivity index (χ1v) is 2.64. The van der Waals surface area contributed by atoms with Gasteiger partial charge in [0, 0.05) is 0 Å². The summed E-state index contributed by atoms with van der Waals surface area (Å²) in [5, 5.41) is 8.16. The van der Waals surface area contributed by atoms with Crippen LogP contribution in [0, 0.1) is 0 Å². The van der Waals surface area contributed by atoms with Crippen molar-refractivity contribution in [3.05, 3.63) is 0 Å². The van der Waals surface area contributed by atoms with Crippen molar-refractivity contribution in [1.29, 1.82) is 0 Å². The molecule has 0 spiro atoms. The fraction of sp³-hybridized carbons (Fsp3) is 0.667. The minimum Gasteiger partial charge on any atom is -0.395 e. The SMILES string of the molecule is NC(=O)[C@H](Br)CO. The number of carbonyl (C=O) groups excluding carboxylic acids is 1. The molecule has 1 atom stereocenters. The molecule has 0 saturated heterocycles. The number of hydrogen-bond donors (Lipinski definition) is 2. The molecule has 4 heteroatoms. The zero-order chi connectivity index (χ0) is 5.86. The van der Waals surface area contributed by atoms with Gasteiger partial charge in [0.15, 0.2) is 0 Å². The van der Waals surface area contributed by atoms with E-state index < -0.39 is 10.7 Å². The first-order valence-electron chi connectivity index (χ1n) is 1.72. The first-order chi connectivity index (χ1) is 3.18. The number of aliphatic hydroxyl groups is 1. The Labute approximate surface area is 49.6 Å². The Morgan fingerprint density at radius 1 is 2.00 bits per heavy atom. The lowest BCUT2D eigenvalue weighted by molar-refractivity contribution is -0.117. The highest BCUT2D eigenvalue weighted by molar-refractivity contribution is 9.10. The van der Waals surface area contributed by atoms with Crippen LogP contribution in [0.1, 0.15) is 0 Å². The summed E-state index contributed by atoms with van der Waals surface area (Å²) >= 11 is 2.82. The number of primary amides is 1. The predicted octanol–water partition coefficient (Wildman–Crippen LogP) is -0.773. The summed E-state index contributed by atoms with van der Waals surface area (Å²) in [5.74, 6) is -0.539. The van der Waals surface area contributed by atoms with Crippen LogP contribution in [0.4, 0.5) is 0 Å². The van der Waals surface area contributed by atoms with Crippen LogP contribution in [0.2, 0.25) is 0 Å². The minimum atomic E-state index is -0.590. The number of hydrogen-bond acceptors (Lipinski definition) is 2. The molecular weight excluding hydrogens is 162 g/mol. The smallest absolute Gasteiger partial charge is 0.233 e. The van der Waals surface area contributed by atoms with E-state index in [1.165, 1.54) is 0 Å². The van der Waals surface area contributed by atoms with Gasteiger partial charge >= 0.3 is 0 Å². The van der Waals surface area contributed by atoms with E-state index in [9.17, 15) is 4.79 Å². The number of aliphatic hydroxyl groups excluding tert-OH is 1. The van der Waals surface area contributed by atoms with E-state index in [1.807, 2.05) is 0 Å². The van der Waals surface area contributed by atoms with Crippen LogP contribution in [0.5, 0.6) is 0 Å². The number of carbonyl (C=O) groups is 1. The molecule has 42 valence electrons. The second-order valence-electron chi connectivity index (χ2n) is 1.05. The van der Waals surface area contributed by atoms with E-state index in [0.717, 1.165) is 0 Å². The maximum atomic E-state index is 9.95. The zero-order valence-corrected chi connectivity index (χ0v) is 5.18. The van der Waals surface area contributed by atoms with Crippen molar-refractivity contribution in [3.8, 4) is 0 Å². The van der Waals surface area contributed by atoms with Crippen LogP contribution >= 0.6 is 15.9 Å². The van der Waals surface area contributed by atoms with Crippen molar-refractivity contribution in [2.75, 3.05) is 6.61 Å². The highest BCUT2D eigenvalue weighted by atomic mass is 79.9. The Morgan fingerprint density at radius 3 is 2.43 bits per heavy atom. The fourth-order valence-electron chi connectivity index (χ4n) is 0.0900. The van der Waals surface area contributed by atoms with Crippen molar-refractivity contribution >= 4 is 21.8 Å². The minimum absolute atomic E-state index is 0.241. The maximum absolute atomic E-state index is 9.95. The van der Waals surface area contributed by atoms with Crippen molar-refractivity contribution < 1.29 is 9.90 Å². The van der Waals surface area contributed by atoms with Gasteiger partial charge in [-0.3, -0.25) is 4.79 Å². The third-order valence-corrected chi connectivity index (χ3v) is 1.21. The van der Waals surface area contributed by atoms with E-state index in [1.54, 1.807) is 0 Å². The molecule has 0 heterocycles. The second kappa shape index (κ2) is 2.98. The summed E-state index contributed by atoms with van der Waals surface area (Å²) < 4.78 is 0. The molecule has 0 radical (unpaired) electrons. The van der Waals surface area contributed by atoms with Crippen LogP contribution < -0.4 is 5.73 Å². The quantitative estimate of drug-likeness (QED) is 0.531. The summed E-state index contributed by atoms with van der Waals surface area (Å²) in [4.78, 5) is 9.36. The molecule has 3 nitrogen and oxygen atoms in total. The Kier molecular flexibility index (Phi) is 2.95. The topological polar surface area (TPSA) is 63.3 Å². The molecule has 3 N–H and O–H groups in total. The molecule has 0 aliphatic carbocycles. The molecule has 0 aliphatic rings. The van der Waals surface area contributed by atoms with Gasteiger partial charge in [-0.05, 0) is 0 Å². The monoisotopic (exact) mass is 167 g/mol. The molecule has 0 fully saturated rings. The molecule has 0 aromatic heterocycles. The first kappa shape index (κ1) is 6.91. The highest BCUT2D eigenvalue weighted by Gasteiger charge is 2.06. The number of nitrogens with two attached hydrogens (primary N) is 1. The molecule has 0 saturated carbocycles. The van der Waals surface area contributed by atoms with E-state index in [-0.39, 0.29) is 6.61 Å². The Balaban J connectivity index is 3.34. The summed E-state index contributed by atoms with van der Waals surface area (Å²) in [6.45, 7) is -0.241. The maximum Gasteiger partial charge on any atom is 0.233 e. The summed E-state index contributed by atoms with van der Waals surface area (Å²) in [6.07, 6.45) is 0. The highest BCUT2D eigenvalue weighted by Crippen LogP contribution is 1.93. The van der Waals surface area contributed by atoms with Crippen molar-refractivity contribution in [2.45, 2.75) is 4.83 Å². The zero-order valence-electron chi connectivity index (χ0n) is 3.60. The number of rotatable bonds is 2. The van der Waals surface area contributed by atoms with Crippen LogP contribution in [-0.4, -0.2) is 22.4 Å². The van der Waals surface area contributed by atoms with Crippen LogP contribution in [0.15, 0.2) is 0 Å². The molecule has 0 bridgehead atoms. The Bertz CT molecular complexity index is 75.3. The van der Waals surface area contributed by atoms with Crippen molar-refractivity contribution in [2.24, 2.45) is 5.73 Å². The fourth-order valence-corrected chi connectivity index (χ4v) is 0.0900. The molecule has 7 heavy (non-hydrogen) atoms. The third-order valence-electron chi connectivity index (χ3n) is 0.469. The lowest BCUT2D eigenvalue weighted by Gasteiger charge is -1.95. The van der Waals surface area contributed by atoms with Crippen molar-refractivity contribution in [1.82, 2.24) is 0 Å². The normalized spacial score (nSPS) is 13.4. The third kappa shape index (κ3) is 2.59. The summed E-state index contributed by atoms with van der Waals surface area (Å²) in [5.41, 5.74) is 4.70. The summed E-state index contributed by atoms with van der Waals surface area (Å²) in [7, 11) is 0. The lowest BCUT2D eigenvalue weighted by atomic mass is 10.4. The van der Waals surface area contributed by atoms with Gasteiger partial charge in [-0.25, -0.2) is 0 Å². The van der Waals surface area contributed by atoms with Gasteiger partial charge in [-0.15, -0.1) is 0 Å². The van der Waals surface area contributed by atoms with Gasteiger partial charge in [0.2, 0.25) is 5.91 Å². The molecule has 0 aromatic rings. The largest absolute Gasteiger partial charge is 0.395 e. The average Bonchev–Trinajstić information content (AvgIpc) is 1.65. The molecular formula is C3H6BrNO2. The van der Waals surface area contributed by atoms with E-state index in [4.69, 9.17) is 10.8 Å². The molecule has 0 aromatic carbocycles. The Morgan fingerprint density at radius 2 is 2.43 bits per heavy atom. The van der Waals surface area contributed by atoms with E-state index in [2.05, 4.69) is 15.9 Å². The standard InChI is InChI=1S/C3H6BrNO2/c4-2(1-6)3(5)7/h2,6H,1H2,(H2,5,7)/t2-/m1/s1. The molecule has 0 rings (SSSR count). The van der Waals surface area contributed by atoms with Gasteiger partial charge in [0.05, 0.1) is 6.61 Å². The summed E-state index contributed by atoms with van der Waals surface area (Å²) in [6, 6.07) is 0. The van der Waals surface area contributed by atoms with Gasteiger partial charge in [-0.2, -0.15) is 0 Å². The van der Waals surface area contributed by atoms with Crippen LogP contribution in [0.25, 0.3) is 0 Å². The molecule has 0 unspecified atom stereocenters. The second-order valence-corrected chi connectivity index (χ2v) is 2.16. The van der Waals surface area contributed by atoms with Gasteiger partial charge in [0.25, 0.3) is 0 Å². The van der Waals surface area contributed by atoms with Crippen LogP contribution in [-0.2, 0) is 4.79 Å². The number of alkyl halides is 1. The van der Waals surface area contributed by atoms with Gasteiger partial charge < -0.3 is 10.8 Å². The predicted molar refractivity (Wildman–Crippen MR) is 29.0 cm³/mol. The van der Waals surface area contributed by atoms with E-state index >= 15 is 0 Å². The Hall–Kier alpha value is -0.0900. The van der Waals surface area contributed by atoms with E-state index in [0.29, 0.717) is 0 Å². The lowest BCUT2D eigenvalue weighted by Crippen LogP contribution is -2.25. The number of halogens is 1. The molecule has 0 aliphatic heterocycles. The number of amides is 1. The molecule has 1 amide bonds.